The van der Waals surface area contributed by atoms with Crippen LogP contribution in [0.15, 0.2) is 71.1 Å². The third-order valence-corrected chi connectivity index (χ3v) is 5.71. The lowest BCUT2D eigenvalue weighted by Gasteiger charge is -2.31. The number of dihydropyridines is 1. The molecule has 0 saturated carbocycles. The third kappa shape index (κ3) is 6.94. The Kier molecular flexibility index (Phi) is 9.39. The Bertz CT molecular complexity index is 1180. The summed E-state index contributed by atoms with van der Waals surface area (Å²) in [6.45, 7) is 13.4. The molecule has 2 aromatic carbocycles. The number of nitrogens with one attached hydrogen (secondary N) is 1. The first-order chi connectivity index (χ1) is 17.6. The lowest BCUT2D eigenvalue weighted by atomic mass is 9.80. The van der Waals surface area contributed by atoms with E-state index in [2.05, 4.69) is 5.32 Å². The predicted molar refractivity (Wildman–Crippen MR) is 142 cm³/mol. The molecule has 0 bridgehead atoms. The normalized spacial score (nSPS) is 15.5. The van der Waals surface area contributed by atoms with Crippen LogP contribution >= 0.6 is 0 Å². The van der Waals surface area contributed by atoms with Crippen molar-refractivity contribution in [3.8, 4) is 11.5 Å². The molecule has 1 heterocycles. The first-order valence-electron chi connectivity index (χ1n) is 12.7. The zero-order valence-electron chi connectivity index (χ0n) is 22.7. The van der Waals surface area contributed by atoms with E-state index in [4.69, 9.17) is 18.9 Å². The van der Waals surface area contributed by atoms with Gasteiger partial charge in [0.05, 0.1) is 35.9 Å². The van der Waals surface area contributed by atoms with Gasteiger partial charge < -0.3 is 24.3 Å². The number of carbonyl (C=O) groups is 2. The first kappa shape index (κ1) is 27.8. The fourth-order valence-corrected chi connectivity index (χ4v) is 4.28. The highest BCUT2D eigenvalue weighted by Crippen LogP contribution is 2.42. The number of ether oxygens (including phenoxy) is 4. The summed E-state index contributed by atoms with van der Waals surface area (Å²) in [5, 5.41) is 3.18. The van der Waals surface area contributed by atoms with Crippen LogP contribution in [0.1, 0.15) is 65.5 Å². The van der Waals surface area contributed by atoms with E-state index in [0.29, 0.717) is 39.6 Å². The Balaban J connectivity index is 2.10. The smallest absolute Gasteiger partial charge is 0.337 e. The van der Waals surface area contributed by atoms with Crippen molar-refractivity contribution in [3.05, 3.63) is 82.2 Å². The van der Waals surface area contributed by atoms with E-state index in [-0.39, 0.29) is 25.4 Å². The molecule has 0 aliphatic carbocycles. The second kappa shape index (κ2) is 12.5. The fourth-order valence-electron chi connectivity index (χ4n) is 4.28. The number of rotatable bonds is 10. The molecule has 1 N–H and O–H groups in total. The van der Waals surface area contributed by atoms with Crippen LogP contribution in [0.25, 0.3) is 0 Å². The van der Waals surface area contributed by atoms with Gasteiger partial charge in [0.25, 0.3) is 0 Å². The summed E-state index contributed by atoms with van der Waals surface area (Å²) in [7, 11) is 0. The standard InChI is InChI=1S/C30H37NO6/c1-8-34-29(32)26-20(6)31-21(7)27(30(33)35-17-22-12-10-9-11-13-22)28(26)23-14-15-24(36-18(2)3)25(16-23)37-19(4)5/h9-16,18-19,28,31H,8,17H2,1-7H3/t28-/m1/s1. The molecule has 1 aliphatic rings. The summed E-state index contributed by atoms with van der Waals surface area (Å²) in [6.07, 6.45) is -0.158. The summed E-state index contributed by atoms with van der Waals surface area (Å²) in [6, 6.07) is 15.0. The van der Waals surface area contributed by atoms with Crippen molar-refractivity contribution in [3.63, 3.8) is 0 Å². The van der Waals surface area contributed by atoms with Gasteiger partial charge in [-0.2, -0.15) is 0 Å². The highest BCUT2D eigenvalue weighted by Gasteiger charge is 2.38. The lowest BCUT2D eigenvalue weighted by molar-refractivity contribution is -0.140. The summed E-state index contributed by atoms with van der Waals surface area (Å²) in [5.74, 6) is -0.593. The van der Waals surface area contributed by atoms with Gasteiger partial charge in [-0.25, -0.2) is 9.59 Å². The minimum atomic E-state index is -0.716. The molecule has 7 nitrogen and oxygen atoms in total. The molecule has 0 aromatic heterocycles. The molecule has 0 radical (unpaired) electrons. The zero-order chi connectivity index (χ0) is 27.1. The molecular weight excluding hydrogens is 470 g/mol. The Morgan fingerprint density at radius 1 is 0.811 bits per heavy atom. The van der Waals surface area contributed by atoms with Crippen molar-refractivity contribution in [2.45, 2.75) is 73.2 Å². The molecule has 2 aromatic rings. The van der Waals surface area contributed by atoms with Crippen LogP contribution < -0.4 is 14.8 Å². The van der Waals surface area contributed by atoms with Gasteiger partial charge in [-0.05, 0) is 71.7 Å². The van der Waals surface area contributed by atoms with Crippen molar-refractivity contribution in [1.82, 2.24) is 5.32 Å². The molecule has 1 atom stereocenters. The maximum Gasteiger partial charge on any atom is 0.337 e. The van der Waals surface area contributed by atoms with Gasteiger partial charge in [-0.3, -0.25) is 0 Å². The van der Waals surface area contributed by atoms with Gasteiger partial charge in [0.15, 0.2) is 11.5 Å². The fraction of sp³-hybridized carbons (Fsp3) is 0.400. The maximum absolute atomic E-state index is 13.5. The Labute approximate surface area is 219 Å². The number of hydrogen-bond donors (Lipinski definition) is 1. The van der Waals surface area contributed by atoms with Gasteiger partial charge >= 0.3 is 11.9 Å². The molecule has 3 rings (SSSR count). The van der Waals surface area contributed by atoms with Crippen molar-refractivity contribution < 1.29 is 28.5 Å². The summed E-state index contributed by atoms with van der Waals surface area (Å²) >= 11 is 0. The molecule has 0 amide bonds. The van der Waals surface area contributed by atoms with Gasteiger partial charge in [0, 0.05) is 11.4 Å². The van der Waals surface area contributed by atoms with Crippen molar-refractivity contribution in [1.29, 1.82) is 0 Å². The van der Waals surface area contributed by atoms with Crippen molar-refractivity contribution in [2.75, 3.05) is 6.61 Å². The number of allylic oxidation sites excluding steroid dienone is 2. The quantitative estimate of drug-likeness (QED) is 0.407. The van der Waals surface area contributed by atoms with Crippen molar-refractivity contribution in [2.24, 2.45) is 0 Å². The van der Waals surface area contributed by atoms with E-state index in [1.54, 1.807) is 20.8 Å². The largest absolute Gasteiger partial charge is 0.487 e. The van der Waals surface area contributed by atoms with Crippen molar-refractivity contribution >= 4 is 11.9 Å². The molecule has 0 unspecified atom stereocenters. The Morgan fingerprint density at radius 3 is 1.95 bits per heavy atom. The summed E-state index contributed by atoms with van der Waals surface area (Å²) < 4.78 is 23.1. The van der Waals surface area contributed by atoms with Crippen LogP contribution in [-0.4, -0.2) is 30.8 Å². The summed E-state index contributed by atoms with van der Waals surface area (Å²) in [5.41, 5.74) is 3.50. The number of hydrogen-bond acceptors (Lipinski definition) is 7. The molecule has 0 saturated heterocycles. The molecule has 37 heavy (non-hydrogen) atoms. The summed E-state index contributed by atoms with van der Waals surface area (Å²) in [4.78, 5) is 26.7. The molecule has 0 spiro atoms. The zero-order valence-corrected chi connectivity index (χ0v) is 22.7. The number of benzene rings is 2. The first-order valence-corrected chi connectivity index (χ1v) is 12.7. The van der Waals surface area contributed by atoms with Crippen LogP contribution in [-0.2, 0) is 25.7 Å². The highest BCUT2D eigenvalue weighted by atomic mass is 16.5. The minimum Gasteiger partial charge on any atom is -0.487 e. The average molecular weight is 508 g/mol. The van der Waals surface area contributed by atoms with Crippen LogP contribution in [0, 0.1) is 0 Å². The van der Waals surface area contributed by atoms with E-state index < -0.39 is 17.9 Å². The van der Waals surface area contributed by atoms with Gasteiger partial charge in [-0.1, -0.05) is 36.4 Å². The van der Waals surface area contributed by atoms with Crippen LogP contribution in [0.5, 0.6) is 11.5 Å². The van der Waals surface area contributed by atoms with Crippen LogP contribution in [0.3, 0.4) is 0 Å². The van der Waals surface area contributed by atoms with Gasteiger partial charge in [-0.15, -0.1) is 0 Å². The van der Waals surface area contributed by atoms with E-state index in [1.165, 1.54) is 0 Å². The van der Waals surface area contributed by atoms with E-state index >= 15 is 0 Å². The van der Waals surface area contributed by atoms with Gasteiger partial charge in [0.1, 0.15) is 6.61 Å². The molecule has 1 aliphatic heterocycles. The monoisotopic (exact) mass is 507 g/mol. The topological polar surface area (TPSA) is 83.1 Å². The predicted octanol–water partition coefficient (Wildman–Crippen LogP) is 5.80. The average Bonchev–Trinajstić information content (AvgIpc) is 2.83. The second-order valence-corrected chi connectivity index (χ2v) is 9.46. The molecule has 0 fully saturated rings. The minimum absolute atomic E-state index is 0.0536. The molecule has 7 heteroatoms. The highest BCUT2D eigenvalue weighted by molar-refractivity contribution is 6.00. The molecule has 198 valence electrons. The SMILES string of the molecule is CCOC(=O)C1=C(C)NC(C)=C(C(=O)OCc2ccccc2)[C@@H]1c1ccc(OC(C)C)c(OC(C)C)c1. The Hall–Kier alpha value is -3.74. The lowest BCUT2D eigenvalue weighted by Crippen LogP contribution is -2.32. The third-order valence-electron chi connectivity index (χ3n) is 5.71. The van der Waals surface area contributed by atoms with Gasteiger partial charge in [0.2, 0.25) is 0 Å². The van der Waals surface area contributed by atoms with Crippen LogP contribution in [0.2, 0.25) is 0 Å². The van der Waals surface area contributed by atoms with Crippen LogP contribution in [0.4, 0.5) is 0 Å². The Morgan fingerprint density at radius 2 is 1.38 bits per heavy atom. The number of esters is 2. The second-order valence-electron chi connectivity index (χ2n) is 9.46. The maximum atomic E-state index is 13.5. The van der Waals surface area contributed by atoms with E-state index in [1.807, 2.05) is 76.2 Å². The van der Waals surface area contributed by atoms with E-state index in [0.717, 1.165) is 5.56 Å². The number of carbonyl (C=O) groups excluding carboxylic acids is 2. The molecular formula is C30H37NO6. The van der Waals surface area contributed by atoms with E-state index in [9.17, 15) is 9.59 Å².